The molecule has 0 spiro atoms. The van der Waals surface area contributed by atoms with Gasteiger partial charge in [0.25, 0.3) is 5.88 Å². The number of aromatic nitrogens is 2. The summed E-state index contributed by atoms with van der Waals surface area (Å²) < 4.78 is 5.67. The van der Waals surface area contributed by atoms with Crippen LogP contribution in [-0.4, -0.2) is 22.3 Å². The van der Waals surface area contributed by atoms with Crippen molar-refractivity contribution in [2.24, 2.45) is 5.73 Å². The van der Waals surface area contributed by atoms with E-state index < -0.39 is 0 Å². The molecule has 1 heterocycles. The second kappa shape index (κ2) is 4.90. The van der Waals surface area contributed by atoms with Crippen molar-refractivity contribution in [1.29, 1.82) is 5.26 Å². The first-order valence-corrected chi connectivity index (χ1v) is 5.43. The average Bonchev–Trinajstić information content (AvgIpc) is 2.33. The number of nitriles is 1. The minimum Gasteiger partial charge on any atom is -0.472 e. The smallest absolute Gasteiger partial charge is 0.251 e. The normalized spacial score (nSPS) is 24.8. The van der Waals surface area contributed by atoms with E-state index in [1.165, 1.54) is 6.20 Å². The van der Waals surface area contributed by atoms with Crippen LogP contribution in [0, 0.1) is 11.3 Å². The Kier molecular flexibility index (Phi) is 3.32. The van der Waals surface area contributed by atoms with Gasteiger partial charge in [-0.05, 0) is 31.7 Å². The van der Waals surface area contributed by atoms with Crippen molar-refractivity contribution in [2.75, 3.05) is 0 Å². The summed E-state index contributed by atoms with van der Waals surface area (Å²) in [6.45, 7) is 0. The molecule has 1 saturated carbocycles. The summed E-state index contributed by atoms with van der Waals surface area (Å²) in [6, 6.07) is 3.94. The van der Waals surface area contributed by atoms with E-state index >= 15 is 0 Å². The zero-order chi connectivity index (χ0) is 11.4. The quantitative estimate of drug-likeness (QED) is 0.800. The highest BCUT2D eigenvalue weighted by molar-refractivity contribution is 5.35. The lowest BCUT2D eigenvalue weighted by atomic mass is 9.94. The number of nitrogens with zero attached hydrogens (tertiary/aromatic N) is 3. The van der Waals surface area contributed by atoms with Gasteiger partial charge in [-0.3, -0.25) is 0 Å². The Balaban J connectivity index is 2.01. The fraction of sp³-hybridized carbons (Fsp3) is 0.545. The predicted octanol–water partition coefficient (Wildman–Crippen LogP) is 0.997. The number of nitrogens with two attached hydrogens (primary N) is 1. The molecule has 5 heteroatoms. The van der Waals surface area contributed by atoms with E-state index in [1.807, 2.05) is 6.07 Å². The van der Waals surface area contributed by atoms with E-state index in [0.717, 1.165) is 25.7 Å². The lowest BCUT2D eigenvalue weighted by molar-refractivity contribution is 0.139. The Bertz CT molecular complexity index is 393. The molecule has 0 atom stereocenters. The zero-order valence-electron chi connectivity index (χ0n) is 8.97. The summed E-state index contributed by atoms with van der Waals surface area (Å²) in [5, 5.41) is 16.4. The third-order valence-electron chi connectivity index (χ3n) is 2.80. The Morgan fingerprint density at radius 3 is 2.81 bits per heavy atom. The molecule has 2 N–H and O–H groups in total. The van der Waals surface area contributed by atoms with Gasteiger partial charge in [0, 0.05) is 6.04 Å². The number of hydrogen-bond donors (Lipinski definition) is 1. The molecule has 1 aliphatic carbocycles. The highest BCUT2D eigenvalue weighted by Gasteiger charge is 2.21. The highest BCUT2D eigenvalue weighted by Crippen LogP contribution is 2.23. The van der Waals surface area contributed by atoms with Crippen molar-refractivity contribution < 1.29 is 4.74 Å². The van der Waals surface area contributed by atoms with Crippen molar-refractivity contribution in [3.8, 4) is 11.9 Å². The molecule has 1 aromatic heterocycles. The molecule has 0 bridgehead atoms. The molecular formula is C11H14N4O. The SMILES string of the molecule is N#Cc1ccnnc1OC1CCC(N)CC1. The Hall–Kier alpha value is -1.67. The van der Waals surface area contributed by atoms with Gasteiger partial charge in [0.1, 0.15) is 17.7 Å². The van der Waals surface area contributed by atoms with Gasteiger partial charge in [0.2, 0.25) is 0 Å². The zero-order valence-corrected chi connectivity index (χ0v) is 8.97. The van der Waals surface area contributed by atoms with Gasteiger partial charge in [-0.1, -0.05) is 0 Å². The lowest BCUT2D eigenvalue weighted by Gasteiger charge is -2.26. The molecule has 1 fully saturated rings. The maximum atomic E-state index is 8.87. The monoisotopic (exact) mass is 218 g/mol. The molecule has 1 aliphatic rings. The fourth-order valence-corrected chi connectivity index (χ4v) is 1.86. The minimum atomic E-state index is 0.114. The van der Waals surface area contributed by atoms with Gasteiger partial charge < -0.3 is 10.5 Å². The fourth-order valence-electron chi connectivity index (χ4n) is 1.86. The first kappa shape index (κ1) is 10.8. The number of ether oxygens (including phenoxy) is 1. The van der Waals surface area contributed by atoms with Gasteiger partial charge >= 0.3 is 0 Å². The van der Waals surface area contributed by atoms with Crippen LogP contribution in [0.2, 0.25) is 0 Å². The van der Waals surface area contributed by atoms with Gasteiger partial charge in [-0.15, -0.1) is 5.10 Å². The molecule has 0 radical (unpaired) electrons. The summed E-state index contributed by atoms with van der Waals surface area (Å²) in [5.74, 6) is 0.338. The molecule has 1 aromatic rings. The van der Waals surface area contributed by atoms with Crippen molar-refractivity contribution in [3.63, 3.8) is 0 Å². The maximum Gasteiger partial charge on any atom is 0.251 e. The van der Waals surface area contributed by atoms with E-state index in [2.05, 4.69) is 10.2 Å². The Morgan fingerprint density at radius 2 is 2.12 bits per heavy atom. The number of hydrogen-bond acceptors (Lipinski definition) is 5. The van der Waals surface area contributed by atoms with Crippen LogP contribution in [0.3, 0.4) is 0 Å². The molecular weight excluding hydrogens is 204 g/mol. The maximum absolute atomic E-state index is 8.87. The summed E-state index contributed by atoms with van der Waals surface area (Å²) in [7, 11) is 0. The third-order valence-corrected chi connectivity index (χ3v) is 2.80. The molecule has 16 heavy (non-hydrogen) atoms. The van der Waals surface area contributed by atoms with Crippen LogP contribution in [0.1, 0.15) is 31.2 Å². The van der Waals surface area contributed by atoms with Crippen molar-refractivity contribution in [2.45, 2.75) is 37.8 Å². The van der Waals surface area contributed by atoms with Crippen LogP contribution in [0.4, 0.5) is 0 Å². The molecule has 0 aliphatic heterocycles. The summed E-state index contributed by atoms with van der Waals surface area (Å²) in [4.78, 5) is 0. The third kappa shape index (κ3) is 2.47. The van der Waals surface area contributed by atoms with E-state index in [-0.39, 0.29) is 12.1 Å². The first-order chi connectivity index (χ1) is 7.79. The Labute approximate surface area is 94.2 Å². The summed E-state index contributed by atoms with van der Waals surface area (Å²) >= 11 is 0. The van der Waals surface area contributed by atoms with E-state index in [4.69, 9.17) is 15.7 Å². The topological polar surface area (TPSA) is 84.8 Å². The highest BCUT2D eigenvalue weighted by atomic mass is 16.5. The standard InChI is InChI=1S/C11H14N4O/c12-7-8-5-6-14-15-11(8)16-10-3-1-9(13)2-4-10/h5-6,9-10H,1-4,13H2. The molecule has 0 unspecified atom stereocenters. The molecule has 84 valence electrons. The van der Waals surface area contributed by atoms with Gasteiger partial charge in [0.05, 0.1) is 6.20 Å². The van der Waals surface area contributed by atoms with Crippen LogP contribution in [0.25, 0.3) is 0 Å². The Morgan fingerprint density at radius 1 is 1.38 bits per heavy atom. The van der Waals surface area contributed by atoms with E-state index in [0.29, 0.717) is 11.4 Å². The van der Waals surface area contributed by atoms with Gasteiger partial charge in [0.15, 0.2) is 0 Å². The van der Waals surface area contributed by atoms with Gasteiger partial charge in [-0.25, -0.2) is 0 Å². The summed E-state index contributed by atoms with van der Waals surface area (Å²) in [5.41, 5.74) is 6.25. The summed E-state index contributed by atoms with van der Waals surface area (Å²) in [6.07, 6.45) is 5.37. The lowest BCUT2D eigenvalue weighted by Crippen LogP contribution is -2.32. The average molecular weight is 218 g/mol. The van der Waals surface area contributed by atoms with Crippen molar-refractivity contribution in [3.05, 3.63) is 17.8 Å². The van der Waals surface area contributed by atoms with Crippen LogP contribution in [-0.2, 0) is 0 Å². The van der Waals surface area contributed by atoms with Gasteiger partial charge in [-0.2, -0.15) is 10.4 Å². The first-order valence-electron chi connectivity index (χ1n) is 5.43. The second-order valence-electron chi connectivity index (χ2n) is 4.02. The molecule has 0 aromatic carbocycles. The van der Waals surface area contributed by atoms with E-state index in [9.17, 15) is 0 Å². The van der Waals surface area contributed by atoms with Crippen LogP contribution in [0.5, 0.6) is 5.88 Å². The molecule has 0 saturated heterocycles. The molecule has 2 rings (SSSR count). The number of rotatable bonds is 2. The van der Waals surface area contributed by atoms with E-state index in [1.54, 1.807) is 6.07 Å². The molecule has 0 amide bonds. The van der Waals surface area contributed by atoms with Crippen LogP contribution < -0.4 is 10.5 Å². The second-order valence-corrected chi connectivity index (χ2v) is 4.02. The minimum absolute atomic E-state index is 0.114. The molecule has 5 nitrogen and oxygen atoms in total. The van der Waals surface area contributed by atoms with Crippen molar-refractivity contribution >= 4 is 0 Å². The van der Waals surface area contributed by atoms with Crippen LogP contribution >= 0.6 is 0 Å². The largest absolute Gasteiger partial charge is 0.472 e. The van der Waals surface area contributed by atoms with Crippen LogP contribution in [0.15, 0.2) is 12.3 Å². The van der Waals surface area contributed by atoms with Crippen molar-refractivity contribution in [1.82, 2.24) is 10.2 Å². The predicted molar refractivity (Wildman–Crippen MR) is 57.6 cm³/mol.